The van der Waals surface area contributed by atoms with Gasteiger partial charge in [0.1, 0.15) is 12.4 Å². The molecule has 0 spiro atoms. The van der Waals surface area contributed by atoms with Gasteiger partial charge in [-0.3, -0.25) is 4.79 Å². The van der Waals surface area contributed by atoms with Crippen LogP contribution in [0.1, 0.15) is 22.3 Å². The van der Waals surface area contributed by atoms with Crippen molar-refractivity contribution in [2.24, 2.45) is 5.10 Å². The van der Waals surface area contributed by atoms with Gasteiger partial charge in [0.2, 0.25) is 5.91 Å². The number of nitrogens with one attached hydrogen (secondary N) is 1. The van der Waals surface area contributed by atoms with Crippen LogP contribution >= 0.6 is 47.8 Å². The summed E-state index contributed by atoms with van der Waals surface area (Å²) in [6, 6.07) is 19.6. The van der Waals surface area contributed by atoms with Crippen LogP contribution in [0.4, 0.5) is 0 Å². The third kappa shape index (κ3) is 6.79. The highest BCUT2D eigenvalue weighted by Gasteiger charge is 2.09. The molecule has 0 saturated carbocycles. The van der Waals surface area contributed by atoms with Crippen molar-refractivity contribution in [2.45, 2.75) is 20.0 Å². The number of carbonyl (C=O) groups is 1. The van der Waals surface area contributed by atoms with E-state index in [4.69, 9.17) is 4.74 Å². The lowest BCUT2D eigenvalue weighted by Crippen LogP contribution is -2.19. The van der Waals surface area contributed by atoms with Crippen LogP contribution in [-0.4, -0.2) is 12.1 Å². The van der Waals surface area contributed by atoms with Crippen molar-refractivity contribution in [1.29, 1.82) is 0 Å². The first-order valence-corrected chi connectivity index (χ1v) is 11.5. The second-order valence-electron chi connectivity index (χ2n) is 6.68. The van der Waals surface area contributed by atoms with Gasteiger partial charge in [0.25, 0.3) is 0 Å². The molecule has 154 valence electrons. The summed E-state index contributed by atoms with van der Waals surface area (Å²) in [5, 5.41) is 4.06. The summed E-state index contributed by atoms with van der Waals surface area (Å²) in [7, 11) is 0. The molecule has 1 N–H and O–H groups in total. The monoisotopic (exact) mass is 592 g/mol. The molecular weight excluding hydrogens is 576 g/mol. The number of ether oxygens (including phenoxy) is 1. The highest BCUT2D eigenvalue weighted by Crippen LogP contribution is 2.35. The minimum absolute atomic E-state index is 0.164. The summed E-state index contributed by atoms with van der Waals surface area (Å²) in [5.74, 6) is 0.543. The van der Waals surface area contributed by atoms with E-state index in [-0.39, 0.29) is 12.3 Å². The molecule has 0 saturated heterocycles. The van der Waals surface area contributed by atoms with E-state index in [1.807, 2.05) is 67.6 Å². The number of hydrogen-bond acceptors (Lipinski definition) is 3. The van der Waals surface area contributed by atoms with E-state index in [9.17, 15) is 4.79 Å². The van der Waals surface area contributed by atoms with Gasteiger partial charge in [-0.05, 0) is 79.7 Å². The van der Waals surface area contributed by atoms with Crippen LogP contribution in [0.3, 0.4) is 0 Å². The Bertz CT molecular complexity index is 1030. The topological polar surface area (TPSA) is 50.7 Å². The van der Waals surface area contributed by atoms with Gasteiger partial charge in [0, 0.05) is 4.47 Å². The summed E-state index contributed by atoms with van der Waals surface area (Å²) in [4.78, 5) is 12.1. The molecule has 7 heteroatoms. The molecule has 3 rings (SSSR count). The molecule has 0 fully saturated rings. The van der Waals surface area contributed by atoms with E-state index in [0.717, 1.165) is 35.7 Å². The highest BCUT2D eigenvalue weighted by molar-refractivity contribution is 9.11. The summed E-state index contributed by atoms with van der Waals surface area (Å²) < 4.78 is 8.56. The fourth-order valence-corrected chi connectivity index (χ4v) is 4.35. The van der Waals surface area contributed by atoms with Crippen LogP contribution in [0.15, 0.2) is 79.2 Å². The molecule has 3 aromatic rings. The Morgan fingerprint density at radius 3 is 2.20 bits per heavy atom. The van der Waals surface area contributed by atoms with Gasteiger partial charge >= 0.3 is 0 Å². The number of hydrogen-bond donors (Lipinski definition) is 1. The molecule has 1 amide bonds. The maximum absolute atomic E-state index is 12.1. The third-order valence-electron chi connectivity index (χ3n) is 4.21. The van der Waals surface area contributed by atoms with E-state index in [1.165, 1.54) is 0 Å². The molecule has 0 aromatic heterocycles. The van der Waals surface area contributed by atoms with Gasteiger partial charge in [-0.2, -0.15) is 5.10 Å². The normalized spacial score (nSPS) is 10.9. The van der Waals surface area contributed by atoms with E-state index in [0.29, 0.717) is 12.4 Å². The number of nitrogens with zero attached hydrogens (tertiary/aromatic N) is 1. The fourth-order valence-electron chi connectivity index (χ4n) is 2.64. The average Bonchev–Trinajstić information content (AvgIpc) is 2.70. The number of carbonyl (C=O) groups excluding carboxylic acids is 1. The number of hydrazone groups is 1. The highest BCUT2D eigenvalue weighted by atomic mass is 79.9. The van der Waals surface area contributed by atoms with Crippen molar-refractivity contribution < 1.29 is 9.53 Å². The zero-order valence-electron chi connectivity index (χ0n) is 16.2. The molecule has 30 heavy (non-hydrogen) atoms. The molecule has 0 bridgehead atoms. The predicted octanol–water partition coefficient (Wildman–Crippen LogP) is 6.55. The first-order valence-electron chi connectivity index (χ1n) is 9.14. The lowest BCUT2D eigenvalue weighted by Gasteiger charge is -2.11. The van der Waals surface area contributed by atoms with Crippen LogP contribution in [-0.2, 0) is 17.8 Å². The van der Waals surface area contributed by atoms with Crippen LogP contribution in [0.2, 0.25) is 0 Å². The molecule has 0 radical (unpaired) electrons. The van der Waals surface area contributed by atoms with Crippen LogP contribution < -0.4 is 10.2 Å². The number of aryl methyl sites for hydroxylation is 1. The standard InChI is InChI=1S/C23H19Br3N2O2/c1-15-2-4-16(5-3-15)12-22(29)28-27-13-18-10-20(25)23(21(26)11-18)30-14-17-6-8-19(24)9-7-17/h2-11,13H,12,14H2,1H3,(H,28,29)/b27-13+. The quantitative estimate of drug-likeness (QED) is 0.249. The van der Waals surface area contributed by atoms with Gasteiger partial charge in [-0.25, -0.2) is 5.43 Å². The first-order chi connectivity index (χ1) is 14.4. The minimum Gasteiger partial charge on any atom is -0.487 e. The van der Waals surface area contributed by atoms with Crippen molar-refractivity contribution in [2.75, 3.05) is 0 Å². The molecule has 0 aliphatic heterocycles. The summed E-state index contributed by atoms with van der Waals surface area (Å²) in [6.07, 6.45) is 1.88. The number of benzene rings is 3. The van der Waals surface area contributed by atoms with Crippen LogP contribution in [0.25, 0.3) is 0 Å². The van der Waals surface area contributed by atoms with Crippen molar-refractivity contribution in [1.82, 2.24) is 5.43 Å². The Morgan fingerprint density at radius 2 is 1.57 bits per heavy atom. The average molecular weight is 595 g/mol. The zero-order valence-corrected chi connectivity index (χ0v) is 20.9. The van der Waals surface area contributed by atoms with E-state index in [1.54, 1.807) is 6.21 Å². The number of halogens is 3. The predicted molar refractivity (Wildman–Crippen MR) is 131 cm³/mol. The summed E-state index contributed by atoms with van der Waals surface area (Å²) in [5.41, 5.74) is 6.57. The maximum atomic E-state index is 12.1. The second-order valence-corrected chi connectivity index (χ2v) is 9.31. The van der Waals surface area contributed by atoms with E-state index >= 15 is 0 Å². The van der Waals surface area contributed by atoms with Crippen molar-refractivity contribution in [3.63, 3.8) is 0 Å². The number of amides is 1. The SMILES string of the molecule is Cc1ccc(CC(=O)N/N=C/c2cc(Br)c(OCc3ccc(Br)cc3)c(Br)c2)cc1. The molecule has 0 unspecified atom stereocenters. The molecule has 0 atom stereocenters. The van der Waals surface area contributed by atoms with Gasteiger partial charge in [-0.15, -0.1) is 0 Å². The Balaban J connectivity index is 1.57. The summed E-state index contributed by atoms with van der Waals surface area (Å²) in [6.45, 7) is 2.47. The van der Waals surface area contributed by atoms with Gasteiger partial charge in [-0.1, -0.05) is 57.9 Å². The van der Waals surface area contributed by atoms with Crippen molar-refractivity contribution in [3.8, 4) is 5.75 Å². The van der Waals surface area contributed by atoms with Gasteiger partial charge in [0.05, 0.1) is 21.6 Å². The van der Waals surface area contributed by atoms with Gasteiger partial charge < -0.3 is 4.74 Å². The number of rotatable bonds is 7. The smallest absolute Gasteiger partial charge is 0.244 e. The molecule has 4 nitrogen and oxygen atoms in total. The van der Waals surface area contributed by atoms with Crippen LogP contribution in [0, 0.1) is 6.92 Å². The Labute approximate surface area is 201 Å². The Hall–Kier alpha value is -1.96. The minimum atomic E-state index is -0.164. The molecule has 0 aliphatic rings. The fraction of sp³-hybridized carbons (Fsp3) is 0.130. The third-order valence-corrected chi connectivity index (χ3v) is 5.91. The van der Waals surface area contributed by atoms with Crippen molar-refractivity contribution in [3.05, 3.63) is 96.3 Å². The molecule has 0 aliphatic carbocycles. The maximum Gasteiger partial charge on any atom is 0.244 e. The second kappa shape index (κ2) is 10.9. The molecule has 0 heterocycles. The van der Waals surface area contributed by atoms with Gasteiger partial charge in [0.15, 0.2) is 0 Å². The van der Waals surface area contributed by atoms with E-state index < -0.39 is 0 Å². The lowest BCUT2D eigenvalue weighted by molar-refractivity contribution is -0.120. The van der Waals surface area contributed by atoms with Crippen molar-refractivity contribution >= 4 is 59.9 Å². The molecular formula is C23H19Br3N2O2. The largest absolute Gasteiger partial charge is 0.487 e. The summed E-state index contributed by atoms with van der Waals surface area (Å²) >= 11 is 10.5. The van der Waals surface area contributed by atoms with Crippen LogP contribution in [0.5, 0.6) is 5.75 Å². The Morgan fingerprint density at radius 1 is 0.967 bits per heavy atom. The Kier molecular flexibility index (Phi) is 8.24. The zero-order chi connectivity index (χ0) is 21.5. The van der Waals surface area contributed by atoms with E-state index in [2.05, 4.69) is 58.3 Å². The first kappa shape index (κ1) is 22.7. The molecule has 3 aromatic carbocycles. The lowest BCUT2D eigenvalue weighted by atomic mass is 10.1.